The molecular formula is C30H48N4O4. The van der Waals surface area contributed by atoms with Crippen LogP contribution in [0.2, 0.25) is 0 Å². The number of nitrogens with one attached hydrogen (secondary N) is 4. The molecule has 8 heteroatoms. The van der Waals surface area contributed by atoms with E-state index < -0.39 is 23.7 Å². The second-order valence-corrected chi connectivity index (χ2v) is 11.2. The van der Waals surface area contributed by atoms with E-state index in [2.05, 4.69) is 28.1 Å². The van der Waals surface area contributed by atoms with Crippen molar-refractivity contribution in [3.8, 4) is 0 Å². The summed E-state index contributed by atoms with van der Waals surface area (Å²) >= 11 is 0. The van der Waals surface area contributed by atoms with Crippen LogP contribution in [0.1, 0.15) is 79.2 Å². The molecule has 2 amide bonds. The van der Waals surface area contributed by atoms with Crippen LogP contribution in [0, 0.1) is 11.8 Å². The van der Waals surface area contributed by atoms with Crippen LogP contribution in [0.5, 0.6) is 0 Å². The van der Waals surface area contributed by atoms with Gasteiger partial charge in [0.05, 0.1) is 12.1 Å². The number of carbonyl (C=O) groups excluding carboxylic acids is 4. The quantitative estimate of drug-likeness (QED) is 0.0943. The summed E-state index contributed by atoms with van der Waals surface area (Å²) in [4.78, 5) is 50.6. The number of unbranched alkanes of at least 4 members (excludes halogenated alkanes) is 1. The molecule has 1 aromatic carbocycles. The molecule has 0 aliphatic rings. The Labute approximate surface area is 228 Å². The fraction of sp³-hybridized carbons (Fsp3) is 0.600. The first-order valence-electron chi connectivity index (χ1n) is 13.7. The van der Waals surface area contributed by atoms with Crippen LogP contribution in [0.4, 0.5) is 0 Å². The van der Waals surface area contributed by atoms with Gasteiger partial charge in [-0.2, -0.15) is 0 Å². The zero-order chi connectivity index (χ0) is 28.7. The van der Waals surface area contributed by atoms with Gasteiger partial charge in [0, 0.05) is 0 Å². The Bertz CT molecular complexity index is 903. The topological polar surface area (TPSA) is 116 Å². The first-order chi connectivity index (χ1) is 17.9. The van der Waals surface area contributed by atoms with Crippen molar-refractivity contribution in [3.63, 3.8) is 0 Å². The average Bonchev–Trinajstić information content (AvgIpc) is 2.85. The Hall–Kier alpha value is -2.84. The van der Waals surface area contributed by atoms with E-state index in [1.807, 2.05) is 58.0 Å². The lowest BCUT2D eigenvalue weighted by Gasteiger charge is -2.34. The number of allylic oxidation sites excluding steroid dienone is 1. The van der Waals surface area contributed by atoms with Crippen LogP contribution < -0.4 is 21.5 Å². The molecule has 0 bridgehead atoms. The van der Waals surface area contributed by atoms with Gasteiger partial charge in [-0.3, -0.25) is 14.4 Å². The molecular weight excluding hydrogens is 480 g/mol. The van der Waals surface area contributed by atoms with Crippen LogP contribution >= 0.6 is 0 Å². The molecule has 0 radical (unpaired) electrons. The number of benzene rings is 1. The number of hydrogen-bond acceptors (Lipinski definition) is 6. The number of aldehydes is 1. The molecule has 0 aromatic heterocycles. The Morgan fingerprint density at radius 1 is 0.974 bits per heavy atom. The Kier molecular flexibility index (Phi) is 14.8. The van der Waals surface area contributed by atoms with E-state index in [4.69, 9.17) is 0 Å². The minimum atomic E-state index is -1.11. The number of hydrogen-bond donors (Lipinski definition) is 4. The summed E-state index contributed by atoms with van der Waals surface area (Å²) in [6, 6.07) is 7.63. The summed E-state index contributed by atoms with van der Waals surface area (Å²) in [6.45, 7) is 15.0. The molecule has 38 heavy (non-hydrogen) atoms. The molecule has 1 rings (SSSR count). The van der Waals surface area contributed by atoms with Gasteiger partial charge in [0.25, 0.3) is 0 Å². The lowest BCUT2D eigenvalue weighted by Crippen LogP contribution is -2.65. The van der Waals surface area contributed by atoms with Crippen molar-refractivity contribution in [2.24, 2.45) is 11.8 Å². The summed E-state index contributed by atoms with van der Waals surface area (Å²) in [5, 5.41) is 5.75. The van der Waals surface area contributed by atoms with Gasteiger partial charge in [0.15, 0.2) is 5.78 Å². The minimum absolute atomic E-state index is 0.134. The minimum Gasteiger partial charge on any atom is -0.345 e. The van der Waals surface area contributed by atoms with Crippen LogP contribution in [0.3, 0.4) is 0 Å². The number of amides is 2. The Morgan fingerprint density at radius 2 is 1.61 bits per heavy atom. The van der Waals surface area contributed by atoms with Crippen molar-refractivity contribution >= 4 is 23.9 Å². The standard InChI is InChI=1S/C30H48N4O4/c1-8-9-13-16-30(7,29(38)32-26(23(6)36)19-24-14-11-10-12-15-24)34-33-27(18-22(4)5)28(37)31-25(20-35)17-21(2)3/h8,10-12,14-15,20-22,25-27,33-34H,1,9,13,16-19H2,2-7H3,(H,31,37)(H,32,38)/t25-,26-,27-,30-/m0/s1. The molecule has 0 aliphatic carbocycles. The monoisotopic (exact) mass is 528 g/mol. The smallest absolute Gasteiger partial charge is 0.241 e. The first kappa shape index (κ1) is 33.2. The van der Waals surface area contributed by atoms with Gasteiger partial charge in [-0.25, -0.2) is 10.9 Å². The molecule has 8 nitrogen and oxygen atoms in total. The van der Waals surface area contributed by atoms with Gasteiger partial charge in [0.1, 0.15) is 17.9 Å². The summed E-state index contributed by atoms with van der Waals surface area (Å²) < 4.78 is 0. The highest BCUT2D eigenvalue weighted by molar-refractivity contribution is 5.92. The predicted octanol–water partition coefficient (Wildman–Crippen LogP) is 3.66. The van der Waals surface area contributed by atoms with Crippen LogP contribution in [0.15, 0.2) is 43.0 Å². The van der Waals surface area contributed by atoms with E-state index in [9.17, 15) is 19.2 Å². The Balaban J connectivity index is 3.07. The third-order valence-corrected chi connectivity index (χ3v) is 6.43. The maximum Gasteiger partial charge on any atom is 0.241 e. The number of hydrazine groups is 1. The highest BCUT2D eigenvalue weighted by atomic mass is 16.2. The van der Waals surface area contributed by atoms with Crippen LogP contribution in [0.25, 0.3) is 0 Å². The molecule has 1 aromatic rings. The lowest BCUT2D eigenvalue weighted by molar-refractivity contribution is -0.132. The molecule has 4 atom stereocenters. The van der Waals surface area contributed by atoms with E-state index in [1.165, 1.54) is 6.92 Å². The zero-order valence-electron chi connectivity index (χ0n) is 24.0. The SMILES string of the molecule is C=CCCC[C@](C)(NN[C@@H](CC(C)C)C(=O)N[C@H](C=O)CC(C)C)C(=O)N[C@@H](Cc1ccccc1)C(C)=O. The van der Waals surface area contributed by atoms with Crippen molar-refractivity contribution in [2.75, 3.05) is 0 Å². The number of carbonyl (C=O) groups is 4. The normalized spacial score (nSPS) is 15.3. The third kappa shape index (κ3) is 12.1. The second kappa shape index (κ2) is 16.9. The third-order valence-electron chi connectivity index (χ3n) is 6.43. The van der Waals surface area contributed by atoms with Gasteiger partial charge in [-0.1, -0.05) is 64.1 Å². The van der Waals surface area contributed by atoms with Crippen molar-refractivity contribution in [1.82, 2.24) is 21.5 Å². The fourth-order valence-electron chi connectivity index (χ4n) is 4.19. The number of Topliss-reactive ketones (excluding diaryl/α,β-unsaturated/α-hetero) is 1. The number of rotatable bonds is 19. The van der Waals surface area contributed by atoms with E-state index in [0.717, 1.165) is 18.3 Å². The van der Waals surface area contributed by atoms with Crippen molar-refractivity contribution in [3.05, 3.63) is 48.6 Å². The van der Waals surface area contributed by atoms with Gasteiger partial charge < -0.3 is 15.4 Å². The molecule has 0 saturated heterocycles. The van der Waals surface area contributed by atoms with Gasteiger partial charge in [-0.05, 0) is 69.8 Å². The van der Waals surface area contributed by atoms with Crippen molar-refractivity contribution in [2.45, 2.75) is 104 Å². The van der Waals surface area contributed by atoms with Gasteiger partial charge in [-0.15, -0.1) is 6.58 Å². The molecule has 0 aliphatic heterocycles. The van der Waals surface area contributed by atoms with E-state index in [-0.39, 0.29) is 29.4 Å². The Morgan fingerprint density at radius 3 is 2.13 bits per heavy atom. The molecule has 0 heterocycles. The van der Waals surface area contributed by atoms with Crippen LogP contribution in [-0.4, -0.2) is 47.5 Å². The maximum absolute atomic E-state index is 13.6. The summed E-state index contributed by atoms with van der Waals surface area (Å²) in [7, 11) is 0. The summed E-state index contributed by atoms with van der Waals surface area (Å²) in [6.07, 6.45) is 5.85. The highest BCUT2D eigenvalue weighted by Gasteiger charge is 2.36. The molecule has 0 fully saturated rings. The fourth-order valence-corrected chi connectivity index (χ4v) is 4.19. The molecule has 0 spiro atoms. The van der Waals surface area contributed by atoms with E-state index in [0.29, 0.717) is 32.1 Å². The summed E-state index contributed by atoms with van der Waals surface area (Å²) in [5.74, 6) is -0.329. The second-order valence-electron chi connectivity index (χ2n) is 11.2. The molecule has 0 saturated carbocycles. The predicted molar refractivity (Wildman–Crippen MR) is 152 cm³/mol. The first-order valence-corrected chi connectivity index (χ1v) is 13.7. The lowest BCUT2D eigenvalue weighted by atomic mass is 9.93. The molecule has 212 valence electrons. The molecule has 4 N–H and O–H groups in total. The highest BCUT2D eigenvalue weighted by Crippen LogP contribution is 2.16. The van der Waals surface area contributed by atoms with E-state index in [1.54, 1.807) is 13.0 Å². The maximum atomic E-state index is 13.6. The molecule has 0 unspecified atom stereocenters. The van der Waals surface area contributed by atoms with Gasteiger partial charge >= 0.3 is 0 Å². The number of ketones is 1. The van der Waals surface area contributed by atoms with Crippen LogP contribution in [-0.2, 0) is 25.6 Å². The van der Waals surface area contributed by atoms with Gasteiger partial charge in [0.2, 0.25) is 11.8 Å². The van der Waals surface area contributed by atoms with E-state index >= 15 is 0 Å². The largest absolute Gasteiger partial charge is 0.345 e. The average molecular weight is 529 g/mol. The van der Waals surface area contributed by atoms with Crippen molar-refractivity contribution in [1.29, 1.82) is 0 Å². The summed E-state index contributed by atoms with van der Waals surface area (Å²) in [5.41, 5.74) is 6.05. The van der Waals surface area contributed by atoms with Crippen molar-refractivity contribution < 1.29 is 19.2 Å². The zero-order valence-corrected chi connectivity index (χ0v) is 24.0.